The van der Waals surface area contributed by atoms with Crippen LogP contribution in [0.25, 0.3) is 0 Å². The summed E-state index contributed by atoms with van der Waals surface area (Å²) in [6, 6.07) is 4.10. The van der Waals surface area contributed by atoms with Gasteiger partial charge >= 0.3 is 0 Å². The Labute approximate surface area is 110 Å². The monoisotopic (exact) mass is 248 g/mol. The van der Waals surface area contributed by atoms with Gasteiger partial charge in [-0.2, -0.15) is 0 Å². The second kappa shape index (κ2) is 5.31. The summed E-state index contributed by atoms with van der Waals surface area (Å²) in [6.45, 7) is 6.38. The van der Waals surface area contributed by atoms with Crippen molar-refractivity contribution in [2.75, 3.05) is 7.11 Å². The van der Waals surface area contributed by atoms with Crippen LogP contribution in [0.3, 0.4) is 0 Å². The van der Waals surface area contributed by atoms with E-state index in [9.17, 15) is 5.11 Å². The molecule has 0 bridgehead atoms. The summed E-state index contributed by atoms with van der Waals surface area (Å²) >= 11 is 0. The number of aryl methyl sites for hydroxylation is 1. The molecule has 2 heteroatoms. The molecule has 0 amide bonds. The summed E-state index contributed by atoms with van der Waals surface area (Å²) < 4.78 is 5.51. The minimum Gasteiger partial charge on any atom is -0.496 e. The number of benzene rings is 1. The minimum atomic E-state index is -0.392. The maximum atomic E-state index is 10.6. The van der Waals surface area contributed by atoms with Crippen LogP contribution < -0.4 is 4.74 Å². The SMILES string of the molecule is COc1c(C(O)C2CCCC2C)ccc(C)c1C. The molecule has 2 rings (SSSR count). The lowest BCUT2D eigenvalue weighted by Gasteiger charge is -2.25. The number of ether oxygens (including phenoxy) is 1. The second-order valence-electron chi connectivity index (χ2n) is 5.65. The zero-order valence-corrected chi connectivity index (χ0v) is 11.9. The van der Waals surface area contributed by atoms with E-state index in [-0.39, 0.29) is 0 Å². The fourth-order valence-electron chi connectivity index (χ4n) is 3.19. The van der Waals surface area contributed by atoms with E-state index in [1.54, 1.807) is 7.11 Å². The Balaban J connectivity index is 2.35. The van der Waals surface area contributed by atoms with Crippen molar-refractivity contribution >= 4 is 0 Å². The Morgan fingerprint density at radius 2 is 2.00 bits per heavy atom. The van der Waals surface area contributed by atoms with Gasteiger partial charge in [-0.25, -0.2) is 0 Å². The Kier molecular flexibility index (Phi) is 3.96. The average Bonchev–Trinajstić information content (AvgIpc) is 2.78. The molecule has 2 nitrogen and oxygen atoms in total. The lowest BCUT2D eigenvalue weighted by Crippen LogP contribution is -2.16. The molecule has 100 valence electrons. The highest BCUT2D eigenvalue weighted by Gasteiger charge is 2.32. The molecule has 1 saturated carbocycles. The summed E-state index contributed by atoms with van der Waals surface area (Å²) in [5, 5.41) is 10.6. The topological polar surface area (TPSA) is 29.5 Å². The lowest BCUT2D eigenvalue weighted by atomic mass is 9.86. The van der Waals surface area contributed by atoms with Crippen molar-refractivity contribution in [1.29, 1.82) is 0 Å². The summed E-state index contributed by atoms with van der Waals surface area (Å²) in [7, 11) is 1.69. The molecule has 0 aromatic heterocycles. The third-order valence-corrected chi connectivity index (χ3v) is 4.56. The van der Waals surface area contributed by atoms with Crippen molar-refractivity contribution < 1.29 is 9.84 Å². The van der Waals surface area contributed by atoms with Gasteiger partial charge in [0.15, 0.2) is 0 Å². The molecule has 1 aliphatic carbocycles. The normalized spacial score (nSPS) is 25.2. The first-order chi connectivity index (χ1) is 8.56. The molecule has 1 aromatic carbocycles. The highest BCUT2D eigenvalue weighted by Crippen LogP contribution is 2.43. The molecule has 3 atom stereocenters. The van der Waals surface area contributed by atoms with Crippen molar-refractivity contribution in [1.82, 2.24) is 0 Å². The molecule has 1 aromatic rings. The third-order valence-electron chi connectivity index (χ3n) is 4.56. The summed E-state index contributed by atoms with van der Waals surface area (Å²) in [5.41, 5.74) is 3.31. The number of hydrogen-bond acceptors (Lipinski definition) is 2. The molecule has 18 heavy (non-hydrogen) atoms. The van der Waals surface area contributed by atoms with Gasteiger partial charge in [0.2, 0.25) is 0 Å². The van der Waals surface area contributed by atoms with E-state index in [1.807, 2.05) is 6.07 Å². The van der Waals surface area contributed by atoms with Gasteiger partial charge in [-0.3, -0.25) is 0 Å². The van der Waals surface area contributed by atoms with Crippen molar-refractivity contribution in [2.24, 2.45) is 11.8 Å². The average molecular weight is 248 g/mol. The predicted molar refractivity (Wildman–Crippen MR) is 73.9 cm³/mol. The Hall–Kier alpha value is -1.02. The third kappa shape index (κ3) is 2.26. The maximum absolute atomic E-state index is 10.6. The van der Waals surface area contributed by atoms with Gasteiger partial charge in [0.1, 0.15) is 5.75 Å². The van der Waals surface area contributed by atoms with E-state index in [1.165, 1.54) is 18.4 Å². The zero-order valence-electron chi connectivity index (χ0n) is 11.9. The Bertz CT molecular complexity index is 425. The van der Waals surface area contributed by atoms with E-state index < -0.39 is 6.10 Å². The summed E-state index contributed by atoms with van der Waals surface area (Å²) in [4.78, 5) is 0. The summed E-state index contributed by atoms with van der Waals surface area (Å²) in [6.07, 6.45) is 3.19. The van der Waals surface area contributed by atoms with Crippen LogP contribution in [0, 0.1) is 25.7 Å². The molecule has 0 saturated heterocycles. The Morgan fingerprint density at radius 3 is 2.56 bits per heavy atom. The van der Waals surface area contributed by atoms with E-state index >= 15 is 0 Å². The summed E-state index contributed by atoms with van der Waals surface area (Å²) in [5.74, 6) is 1.84. The lowest BCUT2D eigenvalue weighted by molar-refractivity contribution is 0.0874. The number of hydrogen-bond donors (Lipinski definition) is 1. The number of aliphatic hydroxyl groups is 1. The van der Waals surface area contributed by atoms with Gasteiger partial charge in [0.05, 0.1) is 13.2 Å². The molecular formula is C16H24O2. The van der Waals surface area contributed by atoms with Crippen molar-refractivity contribution in [3.63, 3.8) is 0 Å². The van der Waals surface area contributed by atoms with Crippen LogP contribution in [0.5, 0.6) is 5.75 Å². The highest BCUT2D eigenvalue weighted by atomic mass is 16.5. The Morgan fingerprint density at radius 1 is 1.28 bits per heavy atom. The minimum absolute atomic E-state index is 0.376. The van der Waals surface area contributed by atoms with E-state index in [4.69, 9.17) is 4.74 Å². The molecule has 3 unspecified atom stereocenters. The van der Waals surface area contributed by atoms with Crippen molar-refractivity contribution in [3.05, 3.63) is 28.8 Å². The van der Waals surface area contributed by atoms with Gasteiger partial charge < -0.3 is 9.84 Å². The van der Waals surface area contributed by atoms with Crippen molar-refractivity contribution in [2.45, 2.75) is 46.1 Å². The number of methoxy groups -OCH3 is 1. The highest BCUT2D eigenvalue weighted by molar-refractivity contribution is 5.46. The van der Waals surface area contributed by atoms with Crippen LogP contribution >= 0.6 is 0 Å². The van der Waals surface area contributed by atoms with Crippen LogP contribution in [0.2, 0.25) is 0 Å². The first-order valence-corrected chi connectivity index (χ1v) is 6.88. The first kappa shape index (κ1) is 13.4. The molecule has 0 spiro atoms. The van der Waals surface area contributed by atoms with Gasteiger partial charge in [-0.15, -0.1) is 0 Å². The van der Waals surface area contributed by atoms with Crippen molar-refractivity contribution in [3.8, 4) is 5.75 Å². The van der Waals surface area contributed by atoms with E-state index in [0.29, 0.717) is 11.8 Å². The molecule has 0 heterocycles. The molecule has 0 aliphatic heterocycles. The van der Waals surface area contributed by atoms with Crippen LogP contribution in [0.15, 0.2) is 12.1 Å². The molecule has 1 fully saturated rings. The fourth-order valence-corrected chi connectivity index (χ4v) is 3.19. The van der Waals surface area contributed by atoms with Crippen LogP contribution in [0.1, 0.15) is 49.0 Å². The fraction of sp³-hybridized carbons (Fsp3) is 0.625. The molecular weight excluding hydrogens is 224 g/mol. The molecule has 1 aliphatic rings. The molecule has 1 N–H and O–H groups in total. The predicted octanol–water partition coefficient (Wildman–Crippen LogP) is 3.78. The van der Waals surface area contributed by atoms with Gasteiger partial charge in [-0.05, 0) is 43.2 Å². The largest absolute Gasteiger partial charge is 0.496 e. The first-order valence-electron chi connectivity index (χ1n) is 6.88. The standard InChI is InChI=1S/C16H24O2/c1-10-8-9-14(16(18-4)12(10)3)15(17)13-7-5-6-11(13)2/h8-9,11,13,15,17H,5-7H2,1-4H3. The second-order valence-corrected chi connectivity index (χ2v) is 5.65. The number of aliphatic hydroxyl groups excluding tert-OH is 1. The van der Waals surface area contributed by atoms with Crippen LogP contribution in [0.4, 0.5) is 0 Å². The van der Waals surface area contributed by atoms with Gasteiger partial charge in [-0.1, -0.05) is 31.9 Å². The van der Waals surface area contributed by atoms with Gasteiger partial charge in [0, 0.05) is 5.56 Å². The van der Waals surface area contributed by atoms with E-state index in [0.717, 1.165) is 23.3 Å². The zero-order chi connectivity index (χ0) is 13.3. The quantitative estimate of drug-likeness (QED) is 0.882. The van der Waals surface area contributed by atoms with Crippen LogP contribution in [-0.4, -0.2) is 12.2 Å². The van der Waals surface area contributed by atoms with E-state index in [2.05, 4.69) is 26.8 Å². The van der Waals surface area contributed by atoms with Crippen LogP contribution in [-0.2, 0) is 0 Å². The number of rotatable bonds is 3. The smallest absolute Gasteiger partial charge is 0.127 e. The van der Waals surface area contributed by atoms with Gasteiger partial charge in [0.25, 0.3) is 0 Å². The maximum Gasteiger partial charge on any atom is 0.127 e. The molecule has 0 radical (unpaired) electrons.